The standard InChI is InChI=1S/C17H18F3O5P/c18-17(19,20)16(21)13-25-26(22,23-11-14-7-3-1-4-8-14)24-12-15-9-5-2-6-10-15/h1-10,16,21H,11-13H2/t16-/m1/s1. The molecule has 5 nitrogen and oxygen atoms in total. The molecule has 0 aliphatic heterocycles. The van der Waals surface area contributed by atoms with E-state index in [1.807, 2.05) is 0 Å². The van der Waals surface area contributed by atoms with E-state index in [0.717, 1.165) is 0 Å². The number of aliphatic hydroxyl groups excluding tert-OH is 1. The number of rotatable bonds is 9. The van der Waals surface area contributed by atoms with Gasteiger partial charge in [-0.2, -0.15) is 13.2 Å². The first-order valence-electron chi connectivity index (χ1n) is 7.65. The molecule has 0 aromatic heterocycles. The quantitative estimate of drug-likeness (QED) is 0.640. The topological polar surface area (TPSA) is 65.0 Å². The van der Waals surface area contributed by atoms with Crippen molar-refractivity contribution >= 4 is 7.82 Å². The zero-order valence-electron chi connectivity index (χ0n) is 13.6. The summed E-state index contributed by atoms with van der Waals surface area (Å²) >= 11 is 0. The van der Waals surface area contributed by atoms with E-state index in [4.69, 9.17) is 18.7 Å². The number of hydrogen-bond acceptors (Lipinski definition) is 5. The number of benzene rings is 2. The van der Waals surface area contributed by atoms with Crippen molar-refractivity contribution in [3.63, 3.8) is 0 Å². The Morgan fingerprint density at radius 1 is 0.846 bits per heavy atom. The summed E-state index contributed by atoms with van der Waals surface area (Å²) in [5, 5.41) is 9.04. The van der Waals surface area contributed by atoms with Gasteiger partial charge in [-0.1, -0.05) is 60.7 Å². The Bertz CT molecular complexity index is 662. The highest BCUT2D eigenvalue weighted by Gasteiger charge is 2.40. The average molecular weight is 390 g/mol. The second kappa shape index (κ2) is 9.30. The molecule has 0 saturated heterocycles. The van der Waals surface area contributed by atoms with Crippen LogP contribution < -0.4 is 0 Å². The third-order valence-electron chi connectivity index (χ3n) is 3.23. The SMILES string of the molecule is O=P(OCc1ccccc1)(OCc1ccccc1)OC[C@@H](O)C(F)(F)F. The van der Waals surface area contributed by atoms with Crippen LogP contribution in [0.25, 0.3) is 0 Å². The lowest BCUT2D eigenvalue weighted by molar-refractivity contribution is -0.212. The number of aliphatic hydroxyl groups is 1. The van der Waals surface area contributed by atoms with Crippen LogP contribution in [0.2, 0.25) is 0 Å². The minimum absolute atomic E-state index is 0.185. The van der Waals surface area contributed by atoms with Crippen LogP contribution in [-0.2, 0) is 31.4 Å². The molecule has 0 unspecified atom stereocenters. The van der Waals surface area contributed by atoms with Gasteiger partial charge in [0.2, 0.25) is 0 Å². The maximum atomic E-state index is 12.6. The highest BCUT2D eigenvalue weighted by atomic mass is 31.2. The van der Waals surface area contributed by atoms with Crippen molar-refractivity contribution in [1.29, 1.82) is 0 Å². The first kappa shape index (κ1) is 20.6. The van der Waals surface area contributed by atoms with Crippen molar-refractivity contribution in [2.45, 2.75) is 25.5 Å². The fraction of sp³-hybridized carbons (Fsp3) is 0.294. The Morgan fingerprint density at radius 2 is 1.27 bits per heavy atom. The molecule has 0 radical (unpaired) electrons. The van der Waals surface area contributed by atoms with Crippen molar-refractivity contribution in [2.75, 3.05) is 6.61 Å². The molecule has 0 bridgehead atoms. The largest absolute Gasteiger partial charge is 0.475 e. The Labute approximate surface area is 148 Å². The van der Waals surface area contributed by atoms with Crippen molar-refractivity contribution in [2.24, 2.45) is 0 Å². The summed E-state index contributed by atoms with van der Waals surface area (Å²) in [5.41, 5.74) is 1.27. The van der Waals surface area contributed by atoms with Gasteiger partial charge in [0.1, 0.15) is 0 Å². The highest BCUT2D eigenvalue weighted by molar-refractivity contribution is 7.48. The summed E-state index contributed by atoms with van der Waals surface area (Å²) in [4.78, 5) is 0. The molecular formula is C17H18F3O5P. The molecule has 0 aliphatic carbocycles. The average Bonchev–Trinajstić information content (AvgIpc) is 2.64. The molecule has 2 aromatic carbocycles. The number of hydrogen-bond donors (Lipinski definition) is 1. The fourth-order valence-electron chi connectivity index (χ4n) is 1.82. The molecule has 0 saturated carbocycles. The summed E-state index contributed by atoms with van der Waals surface area (Å²) in [6.45, 7) is -1.63. The van der Waals surface area contributed by atoms with E-state index in [2.05, 4.69) is 0 Å². The summed E-state index contributed by atoms with van der Waals surface area (Å²) in [5.74, 6) is 0. The lowest BCUT2D eigenvalue weighted by atomic mass is 10.2. The van der Waals surface area contributed by atoms with Crippen LogP contribution in [-0.4, -0.2) is 24.0 Å². The number of alkyl halides is 3. The van der Waals surface area contributed by atoms with Crippen molar-refractivity contribution in [3.05, 3.63) is 71.8 Å². The lowest BCUT2D eigenvalue weighted by Gasteiger charge is -2.21. The second-order valence-electron chi connectivity index (χ2n) is 5.32. The van der Waals surface area contributed by atoms with E-state index in [0.29, 0.717) is 11.1 Å². The highest BCUT2D eigenvalue weighted by Crippen LogP contribution is 2.51. The van der Waals surface area contributed by atoms with Gasteiger partial charge >= 0.3 is 14.0 Å². The van der Waals surface area contributed by atoms with E-state index in [1.54, 1.807) is 60.7 Å². The first-order chi connectivity index (χ1) is 12.3. The molecule has 0 spiro atoms. The van der Waals surface area contributed by atoms with Gasteiger partial charge in [-0.3, -0.25) is 13.6 Å². The Kier molecular flexibility index (Phi) is 7.37. The van der Waals surface area contributed by atoms with Crippen LogP contribution in [0.5, 0.6) is 0 Å². The number of phosphoric acid groups is 1. The molecule has 142 valence electrons. The van der Waals surface area contributed by atoms with Gasteiger partial charge in [0, 0.05) is 0 Å². The Balaban J connectivity index is 2.02. The third kappa shape index (κ3) is 6.90. The third-order valence-corrected chi connectivity index (χ3v) is 4.59. The van der Waals surface area contributed by atoms with Crippen LogP contribution in [0.3, 0.4) is 0 Å². The molecule has 1 atom stereocenters. The minimum atomic E-state index is -4.90. The number of halogens is 3. The zero-order valence-corrected chi connectivity index (χ0v) is 14.5. The first-order valence-corrected chi connectivity index (χ1v) is 9.11. The zero-order chi connectivity index (χ0) is 19.0. The maximum absolute atomic E-state index is 12.6. The smallest absolute Gasteiger partial charge is 0.382 e. The predicted octanol–water partition coefficient (Wildman–Crippen LogP) is 4.47. The summed E-state index contributed by atoms with van der Waals surface area (Å²) in [7, 11) is -4.33. The molecule has 26 heavy (non-hydrogen) atoms. The molecule has 0 aliphatic rings. The molecule has 9 heteroatoms. The Morgan fingerprint density at radius 3 is 1.65 bits per heavy atom. The van der Waals surface area contributed by atoms with Gasteiger partial charge < -0.3 is 5.11 Å². The number of phosphoric ester groups is 1. The Hall–Kier alpha value is -1.70. The van der Waals surface area contributed by atoms with Crippen molar-refractivity contribution in [3.8, 4) is 0 Å². The molecular weight excluding hydrogens is 372 g/mol. The van der Waals surface area contributed by atoms with Gasteiger partial charge in [0.25, 0.3) is 0 Å². The van der Waals surface area contributed by atoms with Crippen LogP contribution in [0.1, 0.15) is 11.1 Å². The van der Waals surface area contributed by atoms with E-state index in [-0.39, 0.29) is 13.2 Å². The normalized spacial score (nSPS) is 13.5. The van der Waals surface area contributed by atoms with Gasteiger partial charge in [0.05, 0.1) is 19.8 Å². The van der Waals surface area contributed by atoms with Crippen molar-refractivity contribution < 1.29 is 36.4 Å². The summed E-state index contributed by atoms with van der Waals surface area (Å²) in [6, 6.07) is 17.2. The van der Waals surface area contributed by atoms with Crippen LogP contribution >= 0.6 is 7.82 Å². The van der Waals surface area contributed by atoms with Gasteiger partial charge in [-0.05, 0) is 11.1 Å². The monoisotopic (exact) mass is 390 g/mol. The molecule has 1 N–H and O–H groups in total. The second-order valence-corrected chi connectivity index (χ2v) is 6.99. The van der Waals surface area contributed by atoms with Gasteiger partial charge in [-0.25, -0.2) is 4.57 Å². The molecule has 0 amide bonds. The summed E-state index contributed by atoms with van der Waals surface area (Å²) in [6.07, 6.45) is -7.69. The predicted molar refractivity (Wildman–Crippen MR) is 88.1 cm³/mol. The van der Waals surface area contributed by atoms with E-state index >= 15 is 0 Å². The van der Waals surface area contributed by atoms with E-state index in [9.17, 15) is 17.7 Å². The minimum Gasteiger partial charge on any atom is -0.382 e. The van der Waals surface area contributed by atoms with Gasteiger partial charge in [0.15, 0.2) is 6.10 Å². The summed E-state index contributed by atoms with van der Waals surface area (Å²) < 4.78 is 64.9. The lowest BCUT2D eigenvalue weighted by Crippen LogP contribution is -2.32. The van der Waals surface area contributed by atoms with Crippen LogP contribution in [0.15, 0.2) is 60.7 Å². The molecule has 0 heterocycles. The van der Waals surface area contributed by atoms with Crippen LogP contribution in [0.4, 0.5) is 13.2 Å². The molecule has 2 aromatic rings. The van der Waals surface area contributed by atoms with Crippen LogP contribution in [0, 0.1) is 0 Å². The van der Waals surface area contributed by atoms with E-state index < -0.39 is 26.7 Å². The van der Waals surface area contributed by atoms with Gasteiger partial charge in [-0.15, -0.1) is 0 Å². The fourth-order valence-corrected chi connectivity index (χ4v) is 2.99. The maximum Gasteiger partial charge on any atom is 0.475 e. The molecule has 2 rings (SSSR count). The molecule has 0 fully saturated rings. The van der Waals surface area contributed by atoms with Crippen molar-refractivity contribution in [1.82, 2.24) is 0 Å². The van der Waals surface area contributed by atoms with E-state index in [1.165, 1.54) is 0 Å².